The Morgan fingerprint density at radius 2 is 1.83 bits per heavy atom. The number of carboxylic acids is 1. The summed E-state index contributed by atoms with van der Waals surface area (Å²) < 4.78 is 0. The normalized spacial score (nSPS) is 13.9. The van der Waals surface area contributed by atoms with Crippen molar-refractivity contribution in [2.24, 2.45) is 0 Å². The molecule has 118 valence electrons. The highest BCUT2D eigenvalue weighted by atomic mass is 16.4. The molecule has 0 radical (unpaired) electrons. The summed E-state index contributed by atoms with van der Waals surface area (Å²) in [6, 6.07) is 15.2. The number of amides is 2. The van der Waals surface area contributed by atoms with E-state index in [0.29, 0.717) is 18.8 Å². The van der Waals surface area contributed by atoms with Crippen LogP contribution < -0.4 is 4.90 Å². The Kier molecular flexibility index (Phi) is 4.02. The minimum atomic E-state index is -1.02. The maximum atomic E-state index is 12.7. The van der Waals surface area contributed by atoms with Crippen LogP contribution >= 0.6 is 0 Å². The first-order valence-corrected chi connectivity index (χ1v) is 7.46. The Morgan fingerprint density at radius 1 is 1.13 bits per heavy atom. The van der Waals surface area contributed by atoms with E-state index in [1.165, 1.54) is 4.90 Å². The van der Waals surface area contributed by atoms with Crippen molar-refractivity contribution < 1.29 is 14.7 Å². The van der Waals surface area contributed by atoms with Crippen molar-refractivity contribution in [2.75, 3.05) is 11.4 Å². The Hall–Kier alpha value is -2.82. The lowest BCUT2D eigenvalue weighted by Crippen LogP contribution is -2.48. The topological polar surface area (TPSA) is 60.9 Å². The number of carbonyl (C=O) groups is 2. The molecule has 3 rings (SSSR count). The second-order valence-electron chi connectivity index (χ2n) is 5.73. The Bertz CT molecular complexity index is 740. The number of carbonyl (C=O) groups excluding carboxylic acids is 1. The molecular weight excluding hydrogens is 292 g/mol. The molecule has 2 aromatic rings. The first-order valence-electron chi connectivity index (χ1n) is 7.46. The number of benzene rings is 2. The van der Waals surface area contributed by atoms with Crippen LogP contribution in [0.25, 0.3) is 0 Å². The number of hydrogen-bond donors (Lipinski definition) is 1. The highest BCUT2D eigenvalue weighted by molar-refractivity contribution is 5.98. The number of anilines is 1. The number of nitrogens with zero attached hydrogens (tertiary/aromatic N) is 2. The summed E-state index contributed by atoms with van der Waals surface area (Å²) in [7, 11) is 0. The van der Waals surface area contributed by atoms with Crippen molar-refractivity contribution in [1.82, 2.24) is 4.90 Å². The summed E-state index contributed by atoms with van der Waals surface area (Å²) in [5.41, 5.74) is 3.83. The van der Waals surface area contributed by atoms with Gasteiger partial charge in [0.05, 0.1) is 5.69 Å². The first-order chi connectivity index (χ1) is 11.0. The van der Waals surface area contributed by atoms with Gasteiger partial charge in [0.15, 0.2) is 0 Å². The van der Waals surface area contributed by atoms with E-state index in [4.69, 9.17) is 5.11 Å². The quantitative estimate of drug-likeness (QED) is 0.944. The Balaban J connectivity index is 1.89. The number of carboxylic acid groups (broad SMARTS) is 1. The number of para-hydroxylation sites is 1. The van der Waals surface area contributed by atoms with Gasteiger partial charge in [-0.3, -0.25) is 9.69 Å². The number of urea groups is 1. The maximum Gasteiger partial charge on any atom is 0.325 e. The van der Waals surface area contributed by atoms with Gasteiger partial charge in [0.1, 0.15) is 6.54 Å². The SMILES string of the molecule is Cc1ccc(CN2Cc3ccccc3N(CC(=O)O)C2=O)cc1. The van der Waals surface area contributed by atoms with E-state index in [2.05, 4.69) is 0 Å². The van der Waals surface area contributed by atoms with Crippen LogP contribution in [0.15, 0.2) is 48.5 Å². The van der Waals surface area contributed by atoms with E-state index in [1.807, 2.05) is 49.4 Å². The molecule has 0 aliphatic carbocycles. The fourth-order valence-electron chi connectivity index (χ4n) is 2.78. The number of hydrogen-bond acceptors (Lipinski definition) is 2. The van der Waals surface area contributed by atoms with Crippen molar-refractivity contribution in [3.05, 3.63) is 65.2 Å². The molecule has 0 spiro atoms. The third kappa shape index (κ3) is 3.18. The lowest BCUT2D eigenvalue weighted by molar-refractivity contribution is -0.135. The van der Waals surface area contributed by atoms with Crippen molar-refractivity contribution >= 4 is 17.7 Å². The molecule has 0 fully saturated rings. The zero-order valence-corrected chi connectivity index (χ0v) is 12.9. The van der Waals surface area contributed by atoms with Crippen molar-refractivity contribution in [2.45, 2.75) is 20.0 Å². The van der Waals surface area contributed by atoms with Crippen LogP contribution in [0.1, 0.15) is 16.7 Å². The van der Waals surface area contributed by atoms with E-state index in [9.17, 15) is 9.59 Å². The molecule has 2 aromatic carbocycles. The van der Waals surface area contributed by atoms with Gasteiger partial charge in [-0.15, -0.1) is 0 Å². The second kappa shape index (κ2) is 6.12. The zero-order chi connectivity index (χ0) is 16.4. The van der Waals surface area contributed by atoms with E-state index >= 15 is 0 Å². The van der Waals surface area contributed by atoms with Crippen LogP contribution in [0.5, 0.6) is 0 Å². The van der Waals surface area contributed by atoms with Gasteiger partial charge in [0, 0.05) is 13.1 Å². The second-order valence-corrected chi connectivity index (χ2v) is 5.73. The van der Waals surface area contributed by atoms with Crippen molar-refractivity contribution in [3.63, 3.8) is 0 Å². The highest BCUT2D eigenvalue weighted by Gasteiger charge is 2.31. The summed E-state index contributed by atoms with van der Waals surface area (Å²) >= 11 is 0. The van der Waals surface area contributed by atoms with Crippen LogP contribution in [0.4, 0.5) is 10.5 Å². The van der Waals surface area contributed by atoms with Gasteiger partial charge in [-0.1, -0.05) is 48.0 Å². The van der Waals surface area contributed by atoms with E-state index < -0.39 is 5.97 Å². The molecule has 1 aliphatic heterocycles. The molecule has 1 heterocycles. The van der Waals surface area contributed by atoms with E-state index in [0.717, 1.165) is 16.7 Å². The maximum absolute atomic E-state index is 12.7. The molecule has 0 saturated carbocycles. The summed E-state index contributed by atoms with van der Waals surface area (Å²) in [6.07, 6.45) is 0. The predicted octanol–water partition coefficient (Wildman–Crippen LogP) is 3.02. The Labute approximate surface area is 134 Å². The minimum absolute atomic E-state index is 0.272. The third-order valence-electron chi connectivity index (χ3n) is 3.93. The van der Waals surface area contributed by atoms with Crippen LogP contribution in [0, 0.1) is 6.92 Å². The average Bonchev–Trinajstić information content (AvgIpc) is 2.53. The molecule has 1 N–H and O–H groups in total. The molecule has 0 atom stereocenters. The molecule has 0 aromatic heterocycles. The number of aryl methyl sites for hydroxylation is 1. The summed E-state index contributed by atoms with van der Waals surface area (Å²) in [4.78, 5) is 26.8. The smallest absolute Gasteiger partial charge is 0.325 e. The molecule has 0 saturated heterocycles. The van der Waals surface area contributed by atoms with Gasteiger partial charge in [-0.05, 0) is 24.1 Å². The zero-order valence-electron chi connectivity index (χ0n) is 12.9. The number of aliphatic carboxylic acids is 1. The summed E-state index contributed by atoms with van der Waals surface area (Å²) in [5, 5.41) is 9.10. The van der Waals surface area contributed by atoms with Gasteiger partial charge in [-0.25, -0.2) is 4.79 Å². The van der Waals surface area contributed by atoms with Gasteiger partial charge in [0.25, 0.3) is 0 Å². The van der Waals surface area contributed by atoms with Crippen LogP contribution in [-0.4, -0.2) is 28.6 Å². The largest absolute Gasteiger partial charge is 0.480 e. The van der Waals surface area contributed by atoms with Crippen LogP contribution in [-0.2, 0) is 17.9 Å². The molecule has 1 aliphatic rings. The lowest BCUT2D eigenvalue weighted by atomic mass is 10.1. The number of fused-ring (bicyclic) bond motifs is 1. The van der Waals surface area contributed by atoms with Gasteiger partial charge in [0.2, 0.25) is 0 Å². The molecule has 2 amide bonds. The molecule has 5 heteroatoms. The van der Waals surface area contributed by atoms with Gasteiger partial charge >= 0.3 is 12.0 Å². The fourth-order valence-corrected chi connectivity index (χ4v) is 2.78. The minimum Gasteiger partial charge on any atom is -0.480 e. The van der Waals surface area contributed by atoms with Crippen molar-refractivity contribution in [3.8, 4) is 0 Å². The molecule has 0 bridgehead atoms. The standard InChI is InChI=1S/C18H18N2O3/c1-13-6-8-14(9-7-13)10-19-11-15-4-2-3-5-16(15)20(18(19)23)12-17(21)22/h2-9H,10-12H2,1H3,(H,21,22). The molecule has 23 heavy (non-hydrogen) atoms. The molecular formula is C18H18N2O3. The summed E-state index contributed by atoms with van der Waals surface area (Å²) in [5.74, 6) is -1.02. The van der Waals surface area contributed by atoms with Crippen molar-refractivity contribution in [1.29, 1.82) is 0 Å². The Morgan fingerprint density at radius 3 is 2.52 bits per heavy atom. The van der Waals surface area contributed by atoms with Crippen LogP contribution in [0.2, 0.25) is 0 Å². The fraction of sp³-hybridized carbons (Fsp3) is 0.222. The first kappa shape index (κ1) is 15.1. The van der Waals surface area contributed by atoms with E-state index in [-0.39, 0.29) is 12.6 Å². The lowest BCUT2D eigenvalue weighted by Gasteiger charge is -2.36. The molecule has 0 unspecified atom stereocenters. The van der Waals surface area contributed by atoms with Gasteiger partial charge < -0.3 is 10.0 Å². The van der Waals surface area contributed by atoms with Gasteiger partial charge in [-0.2, -0.15) is 0 Å². The van der Waals surface area contributed by atoms with Crippen LogP contribution in [0.3, 0.4) is 0 Å². The average molecular weight is 310 g/mol. The monoisotopic (exact) mass is 310 g/mol. The highest BCUT2D eigenvalue weighted by Crippen LogP contribution is 2.29. The molecule has 5 nitrogen and oxygen atoms in total. The van der Waals surface area contributed by atoms with E-state index in [1.54, 1.807) is 11.0 Å². The summed E-state index contributed by atoms with van der Waals surface area (Å²) in [6.45, 7) is 2.63. The third-order valence-corrected chi connectivity index (χ3v) is 3.93. The number of rotatable bonds is 4. The predicted molar refractivity (Wildman–Crippen MR) is 87.2 cm³/mol.